The van der Waals surface area contributed by atoms with Crippen LogP contribution in [0, 0.1) is 5.82 Å². The molecule has 0 bridgehead atoms. The van der Waals surface area contributed by atoms with Crippen LogP contribution < -0.4 is 0 Å². The van der Waals surface area contributed by atoms with Crippen LogP contribution in [0.2, 0.25) is 0 Å². The number of halogens is 4. The van der Waals surface area contributed by atoms with Crippen LogP contribution in [0.5, 0.6) is 0 Å². The molecule has 0 fully saturated rings. The van der Waals surface area contributed by atoms with Gasteiger partial charge in [0.2, 0.25) is 0 Å². The van der Waals surface area contributed by atoms with Crippen LogP contribution in [0.3, 0.4) is 0 Å². The van der Waals surface area contributed by atoms with Gasteiger partial charge in [-0.2, -0.15) is 13.2 Å². The standard InChI is InChI=1S/C13H11F4NS/c1-2-4-8-7-19-12(18-8)9-5-3-6-10(11(9)14)13(15,16)17/h3,5-7H,2,4H2,1H3. The molecule has 2 rings (SSSR count). The first-order valence-electron chi connectivity index (χ1n) is 5.74. The van der Waals surface area contributed by atoms with Crippen LogP contribution in [0.15, 0.2) is 23.6 Å². The van der Waals surface area contributed by atoms with Gasteiger partial charge in [0.05, 0.1) is 11.3 Å². The second-order valence-corrected chi connectivity index (χ2v) is 4.92. The van der Waals surface area contributed by atoms with Crippen LogP contribution in [0.25, 0.3) is 10.6 Å². The number of hydrogen-bond acceptors (Lipinski definition) is 2. The molecule has 0 aliphatic carbocycles. The van der Waals surface area contributed by atoms with Crippen molar-refractivity contribution in [3.63, 3.8) is 0 Å². The second-order valence-electron chi connectivity index (χ2n) is 4.06. The van der Waals surface area contributed by atoms with Crippen LogP contribution in [0.1, 0.15) is 24.6 Å². The molecular weight excluding hydrogens is 278 g/mol. The Kier molecular flexibility index (Phi) is 3.89. The zero-order valence-corrected chi connectivity index (χ0v) is 10.9. The minimum Gasteiger partial charge on any atom is -0.241 e. The quantitative estimate of drug-likeness (QED) is 0.731. The van der Waals surface area contributed by atoms with Gasteiger partial charge in [0.25, 0.3) is 0 Å². The summed E-state index contributed by atoms with van der Waals surface area (Å²) in [5, 5.41) is 2.03. The predicted octanol–water partition coefficient (Wildman–Crippen LogP) is 4.92. The van der Waals surface area contributed by atoms with Crippen LogP contribution in [-0.4, -0.2) is 4.98 Å². The van der Waals surface area contributed by atoms with Gasteiger partial charge in [-0.05, 0) is 18.6 Å². The van der Waals surface area contributed by atoms with Crippen molar-refractivity contribution < 1.29 is 17.6 Å². The third-order valence-electron chi connectivity index (χ3n) is 2.59. The highest BCUT2D eigenvalue weighted by Gasteiger charge is 2.35. The van der Waals surface area contributed by atoms with E-state index in [0.717, 1.165) is 35.9 Å². The average Bonchev–Trinajstić information content (AvgIpc) is 2.76. The van der Waals surface area contributed by atoms with Gasteiger partial charge in [0, 0.05) is 10.9 Å². The fourth-order valence-electron chi connectivity index (χ4n) is 1.72. The molecule has 2 aromatic rings. The van der Waals surface area contributed by atoms with Gasteiger partial charge >= 0.3 is 6.18 Å². The number of rotatable bonds is 3. The highest BCUT2D eigenvalue weighted by atomic mass is 32.1. The van der Waals surface area contributed by atoms with Crippen molar-refractivity contribution in [3.05, 3.63) is 40.7 Å². The lowest BCUT2D eigenvalue weighted by molar-refractivity contribution is -0.139. The van der Waals surface area contributed by atoms with Gasteiger partial charge in [0.15, 0.2) is 0 Å². The summed E-state index contributed by atoms with van der Waals surface area (Å²) >= 11 is 1.16. The summed E-state index contributed by atoms with van der Waals surface area (Å²) in [5.41, 5.74) is -0.571. The molecule has 1 aromatic carbocycles. The molecule has 0 radical (unpaired) electrons. The van der Waals surface area contributed by atoms with E-state index in [9.17, 15) is 17.6 Å². The Labute approximate surface area is 111 Å². The average molecular weight is 289 g/mol. The highest BCUT2D eigenvalue weighted by molar-refractivity contribution is 7.13. The smallest absolute Gasteiger partial charge is 0.241 e. The Bertz CT molecular complexity index is 574. The fourth-order valence-corrected chi connectivity index (χ4v) is 2.59. The minimum absolute atomic E-state index is 0.0952. The molecule has 0 atom stereocenters. The van der Waals surface area contributed by atoms with E-state index in [2.05, 4.69) is 4.98 Å². The normalized spacial score (nSPS) is 11.8. The Hall–Kier alpha value is -1.43. The molecule has 1 aromatic heterocycles. The lowest BCUT2D eigenvalue weighted by Crippen LogP contribution is -2.08. The van der Waals surface area contributed by atoms with Crippen LogP contribution >= 0.6 is 11.3 Å². The third-order valence-corrected chi connectivity index (χ3v) is 3.52. The summed E-state index contributed by atoms with van der Waals surface area (Å²) in [7, 11) is 0. The molecule has 19 heavy (non-hydrogen) atoms. The number of nitrogens with zero attached hydrogens (tertiary/aromatic N) is 1. The highest BCUT2D eigenvalue weighted by Crippen LogP contribution is 2.36. The van der Waals surface area contributed by atoms with E-state index in [1.165, 1.54) is 12.1 Å². The van der Waals surface area contributed by atoms with Crippen LogP contribution in [-0.2, 0) is 12.6 Å². The monoisotopic (exact) mass is 289 g/mol. The molecule has 0 spiro atoms. The van der Waals surface area contributed by atoms with E-state index in [4.69, 9.17) is 0 Å². The van der Waals surface area contributed by atoms with E-state index in [1.807, 2.05) is 6.92 Å². The van der Waals surface area contributed by atoms with Gasteiger partial charge in [-0.1, -0.05) is 19.4 Å². The van der Waals surface area contributed by atoms with E-state index in [-0.39, 0.29) is 10.6 Å². The van der Waals surface area contributed by atoms with Crippen LogP contribution in [0.4, 0.5) is 17.6 Å². The van der Waals surface area contributed by atoms with Crippen molar-refractivity contribution in [2.75, 3.05) is 0 Å². The fraction of sp³-hybridized carbons (Fsp3) is 0.308. The van der Waals surface area contributed by atoms with Crippen molar-refractivity contribution in [1.29, 1.82) is 0 Å². The minimum atomic E-state index is -4.69. The van der Waals surface area contributed by atoms with Crippen molar-refractivity contribution in [2.45, 2.75) is 25.9 Å². The molecule has 1 nitrogen and oxygen atoms in total. The maximum atomic E-state index is 13.9. The molecule has 102 valence electrons. The lowest BCUT2D eigenvalue weighted by Gasteiger charge is -2.09. The van der Waals surface area contributed by atoms with Gasteiger partial charge in [-0.25, -0.2) is 9.37 Å². The third kappa shape index (κ3) is 2.94. The number of hydrogen-bond donors (Lipinski definition) is 0. The predicted molar refractivity (Wildman–Crippen MR) is 66.5 cm³/mol. The molecule has 0 amide bonds. The Morgan fingerprint density at radius 3 is 2.63 bits per heavy atom. The summed E-state index contributed by atoms with van der Waals surface area (Å²) in [6.07, 6.45) is -3.07. The summed E-state index contributed by atoms with van der Waals surface area (Å²) in [4.78, 5) is 4.17. The first-order valence-corrected chi connectivity index (χ1v) is 6.62. The van der Waals surface area contributed by atoms with E-state index < -0.39 is 17.6 Å². The zero-order valence-electron chi connectivity index (χ0n) is 10.1. The van der Waals surface area contributed by atoms with E-state index in [1.54, 1.807) is 5.38 Å². The molecule has 0 saturated heterocycles. The number of aromatic nitrogens is 1. The van der Waals surface area contributed by atoms with E-state index >= 15 is 0 Å². The first-order chi connectivity index (χ1) is 8.93. The number of aryl methyl sites for hydroxylation is 1. The topological polar surface area (TPSA) is 12.9 Å². The SMILES string of the molecule is CCCc1csc(-c2cccc(C(F)(F)F)c2F)n1. The van der Waals surface area contributed by atoms with Gasteiger partial charge < -0.3 is 0 Å². The molecule has 0 unspecified atom stereocenters. The molecular formula is C13H11F4NS. The lowest BCUT2D eigenvalue weighted by atomic mass is 10.1. The second kappa shape index (κ2) is 5.28. The summed E-state index contributed by atoms with van der Waals surface area (Å²) in [6, 6.07) is 3.25. The molecule has 0 N–H and O–H groups in total. The van der Waals surface area contributed by atoms with Crippen molar-refractivity contribution in [1.82, 2.24) is 4.98 Å². The van der Waals surface area contributed by atoms with Crippen molar-refractivity contribution >= 4 is 11.3 Å². The van der Waals surface area contributed by atoms with Gasteiger partial charge in [0.1, 0.15) is 10.8 Å². The van der Waals surface area contributed by atoms with E-state index in [0.29, 0.717) is 0 Å². The number of benzene rings is 1. The summed E-state index contributed by atoms with van der Waals surface area (Å²) in [6.45, 7) is 1.98. The van der Waals surface area contributed by atoms with Gasteiger partial charge in [-0.15, -0.1) is 11.3 Å². The Balaban J connectivity index is 2.45. The summed E-state index contributed by atoms with van der Waals surface area (Å²) < 4.78 is 51.7. The Morgan fingerprint density at radius 1 is 1.26 bits per heavy atom. The molecule has 0 aliphatic heterocycles. The molecule has 0 saturated carbocycles. The molecule has 1 heterocycles. The van der Waals surface area contributed by atoms with Gasteiger partial charge in [-0.3, -0.25) is 0 Å². The number of thiazole rings is 1. The largest absolute Gasteiger partial charge is 0.419 e. The maximum Gasteiger partial charge on any atom is 0.419 e. The Morgan fingerprint density at radius 2 is 2.00 bits per heavy atom. The number of alkyl halides is 3. The van der Waals surface area contributed by atoms with Crippen molar-refractivity contribution in [2.24, 2.45) is 0 Å². The first kappa shape index (κ1) is 14.0. The molecule has 6 heteroatoms. The summed E-state index contributed by atoms with van der Waals surface area (Å²) in [5.74, 6) is -1.26. The van der Waals surface area contributed by atoms with Crippen molar-refractivity contribution in [3.8, 4) is 10.6 Å². The molecule has 0 aliphatic rings. The zero-order chi connectivity index (χ0) is 14.0. The maximum absolute atomic E-state index is 13.9.